The van der Waals surface area contributed by atoms with Gasteiger partial charge in [0, 0.05) is 65.5 Å². The lowest BCUT2D eigenvalue weighted by Gasteiger charge is -2.36. The number of hydrogen-bond donors (Lipinski definition) is 1. The first-order valence-electron chi connectivity index (χ1n) is 11.2. The Kier molecular flexibility index (Phi) is 6.60. The van der Waals surface area contributed by atoms with Crippen LogP contribution in [0, 0.1) is 0 Å². The summed E-state index contributed by atoms with van der Waals surface area (Å²) in [5, 5.41) is 3.93. The van der Waals surface area contributed by atoms with E-state index in [-0.39, 0.29) is 5.91 Å². The number of hydrogen-bond acceptors (Lipinski definition) is 5. The van der Waals surface area contributed by atoms with Crippen molar-refractivity contribution in [3.63, 3.8) is 0 Å². The van der Waals surface area contributed by atoms with Crippen LogP contribution in [0.5, 0.6) is 0 Å². The molecule has 0 unspecified atom stereocenters. The summed E-state index contributed by atoms with van der Waals surface area (Å²) in [6.07, 6.45) is 7.19. The number of nitrogens with one attached hydrogen (secondary N) is 1. The zero-order chi connectivity index (χ0) is 21.2. The van der Waals surface area contributed by atoms with Crippen molar-refractivity contribution in [3.8, 4) is 0 Å². The number of anilines is 1. The number of thioether (sulfide) groups is 1. The summed E-state index contributed by atoms with van der Waals surface area (Å²) in [4.78, 5) is 21.3. The van der Waals surface area contributed by atoms with Gasteiger partial charge in [0.1, 0.15) is 0 Å². The van der Waals surface area contributed by atoms with Gasteiger partial charge in [0.25, 0.3) is 5.91 Å². The van der Waals surface area contributed by atoms with Crippen LogP contribution in [0.25, 0.3) is 6.08 Å². The van der Waals surface area contributed by atoms with Gasteiger partial charge in [0.15, 0.2) is 0 Å². The van der Waals surface area contributed by atoms with Crippen molar-refractivity contribution < 1.29 is 4.79 Å². The maximum absolute atomic E-state index is 12.7. The standard InChI is InChI=1S/C24H28ClN3OS2/c25-17-4-3-5-18(14-17)28-12-10-27(11-13-28)9-8-26-24(29)23-15-22-20(16-30-23)19-6-1-2-7-21(19)31-22/h3-5,14-15H,1-2,6-13,16H2,(H,26,29). The van der Waals surface area contributed by atoms with Gasteiger partial charge in [-0.25, -0.2) is 0 Å². The molecule has 1 amide bonds. The number of rotatable bonds is 5. The summed E-state index contributed by atoms with van der Waals surface area (Å²) >= 11 is 9.74. The molecule has 1 aliphatic carbocycles. The van der Waals surface area contributed by atoms with E-state index in [9.17, 15) is 4.79 Å². The molecule has 31 heavy (non-hydrogen) atoms. The lowest BCUT2D eigenvalue weighted by atomic mass is 9.95. The largest absolute Gasteiger partial charge is 0.369 e. The molecule has 0 spiro atoms. The summed E-state index contributed by atoms with van der Waals surface area (Å²) in [5.74, 6) is 1.03. The van der Waals surface area contributed by atoms with Crippen LogP contribution in [-0.4, -0.2) is 50.1 Å². The Bertz CT molecular complexity index is 995. The van der Waals surface area contributed by atoms with Gasteiger partial charge in [-0.3, -0.25) is 9.69 Å². The molecule has 1 N–H and O–H groups in total. The van der Waals surface area contributed by atoms with Gasteiger partial charge >= 0.3 is 0 Å². The van der Waals surface area contributed by atoms with E-state index in [1.165, 1.54) is 41.8 Å². The van der Waals surface area contributed by atoms with E-state index < -0.39 is 0 Å². The number of thiophene rings is 1. The molecule has 0 atom stereocenters. The number of carbonyl (C=O) groups excluding carboxylic acids is 1. The number of aryl methyl sites for hydroxylation is 1. The summed E-state index contributed by atoms with van der Waals surface area (Å²) < 4.78 is 0. The van der Waals surface area contributed by atoms with E-state index >= 15 is 0 Å². The Morgan fingerprint density at radius 1 is 1.10 bits per heavy atom. The molecule has 7 heteroatoms. The SMILES string of the molecule is O=C(NCCN1CCN(c2cccc(Cl)c2)CC1)C1=Cc2sc3c(c2CS1)CCCC3. The maximum Gasteiger partial charge on any atom is 0.257 e. The average molecular weight is 474 g/mol. The van der Waals surface area contributed by atoms with Crippen molar-refractivity contribution in [2.45, 2.75) is 31.4 Å². The fourth-order valence-electron chi connectivity index (χ4n) is 4.69. The fraction of sp³-hybridized carbons (Fsp3) is 0.458. The zero-order valence-electron chi connectivity index (χ0n) is 17.7. The van der Waals surface area contributed by atoms with Crippen LogP contribution in [0.3, 0.4) is 0 Å². The van der Waals surface area contributed by atoms with Crippen LogP contribution in [0.15, 0.2) is 29.2 Å². The first-order valence-corrected chi connectivity index (χ1v) is 13.3. The highest BCUT2D eigenvalue weighted by atomic mass is 35.5. The molecule has 1 aromatic heterocycles. The summed E-state index contributed by atoms with van der Waals surface area (Å²) in [5.41, 5.74) is 4.28. The molecule has 164 valence electrons. The Labute approximate surface area is 197 Å². The molecule has 4 nitrogen and oxygen atoms in total. The van der Waals surface area contributed by atoms with Gasteiger partial charge in [-0.1, -0.05) is 17.7 Å². The zero-order valence-corrected chi connectivity index (χ0v) is 20.1. The molecular weight excluding hydrogens is 446 g/mol. The Morgan fingerprint density at radius 3 is 2.77 bits per heavy atom. The number of fused-ring (bicyclic) bond motifs is 3. The molecule has 2 aromatic rings. The Hall–Kier alpha value is -1.47. The predicted molar refractivity (Wildman–Crippen MR) is 133 cm³/mol. The molecule has 1 aromatic carbocycles. The Balaban J connectivity index is 1.10. The minimum atomic E-state index is 0.0829. The van der Waals surface area contributed by atoms with E-state index in [1.54, 1.807) is 22.2 Å². The van der Waals surface area contributed by atoms with Crippen molar-refractivity contribution >= 4 is 52.4 Å². The maximum atomic E-state index is 12.7. The van der Waals surface area contributed by atoms with Crippen molar-refractivity contribution in [2.75, 3.05) is 44.2 Å². The number of carbonyl (C=O) groups is 1. The smallest absolute Gasteiger partial charge is 0.257 e. The van der Waals surface area contributed by atoms with Crippen molar-refractivity contribution in [2.24, 2.45) is 0 Å². The molecule has 2 aliphatic heterocycles. The van der Waals surface area contributed by atoms with Crippen LogP contribution in [0.2, 0.25) is 5.02 Å². The third kappa shape index (κ3) is 4.82. The van der Waals surface area contributed by atoms with E-state index in [4.69, 9.17) is 11.6 Å². The monoisotopic (exact) mass is 473 g/mol. The normalized spacial score (nSPS) is 18.9. The van der Waals surface area contributed by atoms with Crippen LogP contribution < -0.4 is 10.2 Å². The molecule has 0 radical (unpaired) electrons. The second-order valence-corrected chi connectivity index (χ2v) is 11.0. The highest BCUT2D eigenvalue weighted by Crippen LogP contribution is 2.42. The third-order valence-electron chi connectivity index (χ3n) is 6.43. The second-order valence-electron chi connectivity index (χ2n) is 8.42. The molecule has 5 rings (SSSR count). The molecule has 1 fully saturated rings. The summed E-state index contributed by atoms with van der Waals surface area (Å²) in [6.45, 7) is 5.57. The van der Waals surface area contributed by atoms with Crippen LogP contribution in [0.4, 0.5) is 5.69 Å². The van der Waals surface area contributed by atoms with Gasteiger partial charge in [0.05, 0.1) is 4.91 Å². The quantitative estimate of drug-likeness (QED) is 0.676. The number of nitrogens with zero attached hydrogens (tertiary/aromatic N) is 2. The van der Waals surface area contributed by atoms with E-state index in [2.05, 4.69) is 27.3 Å². The van der Waals surface area contributed by atoms with Gasteiger partial charge < -0.3 is 10.2 Å². The minimum Gasteiger partial charge on any atom is -0.369 e. The van der Waals surface area contributed by atoms with E-state index in [1.807, 2.05) is 29.5 Å². The van der Waals surface area contributed by atoms with Crippen LogP contribution in [0.1, 0.15) is 33.7 Å². The minimum absolute atomic E-state index is 0.0829. The number of benzene rings is 1. The number of piperazine rings is 1. The van der Waals surface area contributed by atoms with Gasteiger partial charge in [-0.2, -0.15) is 0 Å². The molecule has 3 aliphatic rings. The van der Waals surface area contributed by atoms with Crippen molar-refractivity contribution in [1.82, 2.24) is 10.2 Å². The molecule has 3 heterocycles. The fourth-order valence-corrected chi connectivity index (χ4v) is 7.43. The predicted octanol–water partition coefficient (Wildman–Crippen LogP) is 4.81. The molecule has 1 saturated heterocycles. The van der Waals surface area contributed by atoms with Gasteiger partial charge in [0.2, 0.25) is 0 Å². The van der Waals surface area contributed by atoms with Crippen LogP contribution in [-0.2, 0) is 23.4 Å². The second kappa shape index (κ2) is 9.57. The van der Waals surface area contributed by atoms with Crippen molar-refractivity contribution in [3.05, 3.63) is 55.1 Å². The molecule has 0 bridgehead atoms. The van der Waals surface area contributed by atoms with Crippen molar-refractivity contribution in [1.29, 1.82) is 0 Å². The number of halogens is 1. The summed E-state index contributed by atoms with van der Waals surface area (Å²) in [7, 11) is 0. The highest BCUT2D eigenvalue weighted by molar-refractivity contribution is 8.03. The van der Waals surface area contributed by atoms with Gasteiger partial charge in [-0.15, -0.1) is 23.1 Å². The van der Waals surface area contributed by atoms with Crippen LogP contribution >= 0.6 is 34.7 Å². The lowest BCUT2D eigenvalue weighted by Crippen LogP contribution is -2.48. The molecular formula is C24H28ClN3OS2. The average Bonchev–Trinajstić information content (AvgIpc) is 3.17. The topological polar surface area (TPSA) is 35.6 Å². The number of amides is 1. The lowest BCUT2D eigenvalue weighted by molar-refractivity contribution is -0.116. The van der Waals surface area contributed by atoms with Gasteiger partial charge in [-0.05, 0) is 61.1 Å². The Morgan fingerprint density at radius 2 is 1.94 bits per heavy atom. The van der Waals surface area contributed by atoms with E-state index in [0.29, 0.717) is 6.54 Å². The first kappa shape index (κ1) is 21.4. The highest BCUT2D eigenvalue weighted by Gasteiger charge is 2.25. The van der Waals surface area contributed by atoms with E-state index in [0.717, 1.165) is 48.4 Å². The first-order chi connectivity index (χ1) is 15.2. The molecule has 0 saturated carbocycles. The third-order valence-corrected chi connectivity index (χ3v) is 8.99. The summed E-state index contributed by atoms with van der Waals surface area (Å²) in [6, 6.07) is 8.07.